The van der Waals surface area contributed by atoms with E-state index in [4.69, 9.17) is 0 Å². The maximum atomic E-state index is 12.6. The number of aryl methyl sites for hydroxylation is 1. The number of benzene rings is 2. The Labute approximate surface area is 173 Å². The van der Waals surface area contributed by atoms with Gasteiger partial charge in [-0.05, 0) is 73.4 Å². The summed E-state index contributed by atoms with van der Waals surface area (Å²) in [7, 11) is -3.43. The fourth-order valence-corrected chi connectivity index (χ4v) is 5.66. The van der Waals surface area contributed by atoms with Gasteiger partial charge in [0.2, 0.25) is 10.0 Å². The highest BCUT2D eigenvalue weighted by Crippen LogP contribution is 2.44. The molecular formula is C23H28N2O3S. The normalized spacial score (nSPS) is 23.2. The van der Waals surface area contributed by atoms with Crippen LogP contribution in [0.3, 0.4) is 0 Å². The second-order valence-corrected chi connectivity index (χ2v) is 10.5. The molecule has 154 valence electrons. The third-order valence-electron chi connectivity index (χ3n) is 6.29. The molecule has 2 aromatic carbocycles. The maximum Gasteiger partial charge on any atom is 0.251 e. The average molecular weight is 413 g/mol. The molecule has 6 heteroatoms. The Morgan fingerprint density at radius 3 is 2.45 bits per heavy atom. The van der Waals surface area contributed by atoms with E-state index in [2.05, 4.69) is 5.32 Å². The van der Waals surface area contributed by atoms with Crippen molar-refractivity contribution in [3.63, 3.8) is 0 Å². The van der Waals surface area contributed by atoms with E-state index in [0.29, 0.717) is 23.2 Å². The number of rotatable bonds is 6. The van der Waals surface area contributed by atoms with Gasteiger partial charge in [-0.25, -0.2) is 8.42 Å². The first-order valence-corrected chi connectivity index (χ1v) is 12.1. The van der Waals surface area contributed by atoms with Gasteiger partial charge in [0, 0.05) is 11.6 Å². The smallest absolute Gasteiger partial charge is 0.251 e. The first-order chi connectivity index (χ1) is 13.8. The monoisotopic (exact) mass is 412 g/mol. The van der Waals surface area contributed by atoms with Gasteiger partial charge in [-0.15, -0.1) is 0 Å². The number of fused-ring (bicyclic) bond motifs is 2. The summed E-state index contributed by atoms with van der Waals surface area (Å²) in [5.41, 5.74) is 3.11. The molecule has 2 aliphatic carbocycles. The highest BCUT2D eigenvalue weighted by Gasteiger charge is 2.40. The SMILES string of the molecule is Cc1cccc(N(Cc2ccc(C(=O)N[C@H]3C[C@H]4CC[C@H]3C4)cc2)S(C)(=O)=O)c1. The summed E-state index contributed by atoms with van der Waals surface area (Å²) in [5.74, 6) is 1.39. The number of hydrogen-bond acceptors (Lipinski definition) is 3. The highest BCUT2D eigenvalue weighted by molar-refractivity contribution is 7.92. The molecule has 3 atom stereocenters. The summed E-state index contributed by atoms with van der Waals surface area (Å²) < 4.78 is 26.1. The maximum absolute atomic E-state index is 12.6. The topological polar surface area (TPSA) is 66.5 Å². The molecule has 0 aliphatic heterocycles. The van der Waals surface area contributed by atoms with Crippen molar-refractivity contribution >= 4 is 21.6 Å². The first-order valence-electron chi connectivity index (χ1n) is 10.2. The van der Waals surface area contributed by atoms with Crippen LogP contribution < -0.4 is 9.62 Å². The summed E-state index contributed by atoms with van der Waals surface area (Å²) in [6, 6.07) is 15.0. The molecule has 2 saturated carbocycles. The Hall–Kier alpha value is -2.34. The van der Waals surface area contributed by atoms with Gasteiger partial charge in [0.05, 0.1) is 18.5 Å². The zero-order chi connectivity index (χ0) is 20.6. The Kier molecular flexibility index (Phi) is 5.38. The van der Waals surface area contributed by atoms with Crippen LogP contribution in [0, 0.1) is 18.8 Å². The third kappa shape index (κ3) is 4.47. The lowest BCUT2D eigenvalue weighted by molar-refractivity contribution is 0.0923. The zero-order valence-electron chi connectivity index (χ0n) is 17.0. The molecule has 4 rings (SSSR count). The number of carbonyl (C=O) groups excluding carboxylic acids is 1. The van der Waals surface area contributed by atoms with Crippen LogP contribution >= 0.6 is 0 Å². The van der Waals surface area contributed by atoms with E-state index >= 15 is 0 Å². The highest BCUT2D eigenvalue weighted by atomic mass is 32.2. The molecule has 0 spiro atoms. The van der Waals surface area contributed by atoms with E-state index in [0.717, 1.165) is 23.5 Å². The number of nitrogens with one attached hydrogen (secondary N) is 1. The van der Waals surface area contributed by atoms with E-state index in [-0.39, 0.29) is 12.5 Å². The molecule has 5 nitrogen and oxygen atoms in total. The number of carbonyl (C=O) groups is 1. The number of nitrogens with zero attached hydrogens (tertiary/aromatic N) is 1. The van der Waals surface area contributed by atoms with Crippen molar-refractivity contribution in [3.05, 3.63) is 65.2 Å². The molecule has 0 aromatic heterocycles. The summed E-state index contributed by atoms with van der Waals surface area (Å²) in [4.78, 5) is 12.6. The van der Waals surface area contributed by atoms with E-state index in [9.17, 15) is 13.2 Å². The fraction of sp³-hybridized carbons (Fsp3) is 0.435. The van der Waals surface area contributed by atoms with Crippen molar-refractivity contribution in [2.24, 2.45) is 11.8 Å². The fourth-order valence-electron chi connectivity index (χ4n) is 4.78. The summed E-state index contributed by atoms with van der Waals surface area (Å²) in [6.45, 7) is 2.17. The van der Waals surface area contributed by atoms with E-state index < -0.39 is 10.0 Å². The molecule has 2 fully saturated rings. The standard InChI is InChI=1S/C23H28N2O3S/c1-16-4-3-5-21(12-16)25(29(2,27)28)15-17-6-9-19(10-7-17)23(26)24-22-14-18-8-11-20(22)13-18/h3-7,9-10,12,18,20,22H,8,11,13-15H2,1-2H3,(H,24,26)/t18-,20-,22-/m0/s1. The average Bonchev–Trinajstić information content (AvgIpc) is 3.28. The van der Waals surface area contributed by atoms with Crippen LogP contribution in [0.15, 0.2) is 48.5 Å². The minimum atomic E-state index is -3.43. The van der Waals surface area contributed by atoms with Crippen molar-refractivity contribution in [1.29, 1.82) is 0 Å². The van der Waals surface area contributed by atoms with Crippen LogP contribution in [-0.4, -0.2) is 26.6 Å². The summed E-state index contributed by atoms with van der Waals surface area (Å²) in [6.07, 6.45) is 6.11. The van der Waals surface area contributed by atoms with E-state index in [1.165, 1.54) is 29.8 Å². The zero-order valence-corrected chi connectivity index (χ0v) is 17.8. The Morgan fingerprint density at radius 2 is 1.86 bits per heavy atom. The summed E-state index contributed by atoms with van der Waals surface area (Å²) >= 11 is 0. The molecule has 0 radical (unpaired) electrons. The largest absolute Gasteiger partial charge is 0.349 e. The van der Waals surface area contributed by atoms with Crippen LogP contribution in [0.25, 0.3) is 0 Å². The van der Waals surface area contributed by atoms with Crippen molar-refractivity contribution in [2.75, 3.05) is 10.6 Å². The molecule has 1 amide bonds. The summed E-state index contributed by atoms with van der Waals surface area (Å²) in [5, 5.41) is 3.20. The lowest BCUT2D eigenvalue weighted by Gasteiger charge is -2.24. The minimum Gasteiger partial charge on any atom is -0.349 e. The van der Waals surface area contributed by atoms with Crippen molar-refractivity contribution in [1.82, 2.24) is 5.32 Å². The molecule has 29 heavy (non-hydrogen) atoms. The number of amides is 1. The van der Waals surface area contributed by atoms with Crippen LogP contribution in [0.5, 0.6) is 0 Å². The van der Waals surface area contributed by atoms with Gasteiger partial charge in [-0.3, -0.25) is 9.10 Å². The molecule has 0 unspecified atom stereocenters. The Morgan fingerprint density at radius 1 is 1.10 bits per heavy atom. The lowest BCUT2D eigenvalue weighted by atomic mass is 9.95. The molecule has 2 bridgehead atoms. The second kappa shape index (κ2) is 7.82. The molecule has 0 heterocycles. The van der Waals surface area contributed by atoms with Gasteiger partial charge < -0.3 is 5.32 Å². The van der Waals surface area contributed by atoms with Crippen LogP contribution in [0.1, 0.15) is 47.2 Å². The van der Waals surface area contributed by atoms with Gasteiger partial charge in [-0.1, -0.05) is 30.7 Å². The van der Waals surface area contributed by atoms with Crippen molar-refractivity contribution < 1.29 is 13.2 Å². The van der Waals surface area contributed by atoms with Crippen molar-refractivity contribution in [2.45, 2.75) is 45.2 Å². The third-order valence-corrected chi connectivity index (χ3v) is 7.43. The molecule has 2 aromatic rings. The van der Waals surface area contributed by atoms with Gasteiger partial charge >= 0.3 is 0 Å². The second-order valence-electron chi connectivity index (χ2n) is 8.56. The number of anilines is 1. The predicted molar refractivity (Wildman–Crippen MR) is 115 cm³/mol. The molecular weight excluding hydrogens is 384 g/mol. The van der Waals surface area contributed by atoms with Gasteiger partial charge in [0.25, 0.3) is 5.91 Å². The Bertz CT molecular complexity index is 1000. The molecule has 0 saturated heterocycles. The van der Waals surface area contributed by atoms with E-state index in [1.54, 1.807) is 18.2 Å². The quantitative estimate of drug-likeness (QED) is 0.783. The molecule has 2 aliphatic rings. The first kappa shape index (κ1) is 20.0. The molecule has 1 N–H and O–H groups in total. The van der Waals surface area contributed by atoms with Crippen molar-refractivity contribution in [3.8, 4) is 0 Å². The van der Waals surface area contributed by atoms with Gasteiger partial charge in [0.1, 0.15) is 0 Å². The van der Waals surface area contributed by atoms with Gasteiger partial charge in [-0.2, -0.15) is 0 Å². The number of hydrogen-bond donors (Lipinski definition) is 1. The number of sulfonamides is 1. The van der Waals surface area contributed by atoms with Crippen LogP contribution in [-0.2, 0) is 16.6 Å². The lowest BCUT2D eigenvalue weighted by Crippen LogP contribution is -2.38. The van der Waals surface area contributed by atoms with E-state index in [1.807, 2.05) is 37.3 Å². The Balaban J connectivity index is 1.45. The predicted octanol–water partition coefficient (Wildman–Crippen LogP) is 3.88. The van der Waals surface area contributed by atoms with Crippen LogP contribution in [0.2, 0.25) is 0 Å². The minimum absolute atomic E-state index is 0.0345. The van der Waals surface area contributed by atoms with Crippen LogP contribution in [0.4, 0.5) is 5.69 Å². The van der Waals surface area contributed by atoms with Gasteiger partial charge in [0.15, 0.2) is 0 Å².